The summed E-state index contributed by atoms with van der Waals surface area (Å²) in [6, 6.07) is 13.8. The zero-order valence-electron chi connectivity index (χ0n) is 14.9. The fraction of sp³-hybridized carbons (Fsp3) is 0.286. The van der Waals surface area contributed by atoms with E-state index in [1.165, 1.54) is 11.3 Å². The van der Waals surface area contributed by atoms with Crippen LogP contribution >= 0.6 is 11.3 Å². The predicted octanol–water partition coefficient (Wildman–Crippen LogP) is 4.61. The van der Waals surface area contributed by atoms with Gasteiger partial charge in [-0.15, -0.1) is 11.3 Å². The van der Waals surface area contributed by atoms with Crippen molar-refractivity contribution in [3.8, 4) is 0 Å². The maximum atomic E-state index is 12.4. The van der Waals surface area contributed by atoms with Gasteiger partial charge in [0.1, 0.15) is 0 Å². The summed E-state index contributed by atoms with van der Waals surface area (Å²) in [7, 11) is 0. The van der Waals surface area contributed by atoms with Crippen molar-refractivity contribution in [2.45, 2.75) is 32.1 Å². The highest BCUT2D eigenvalue weighted by Crippen LogP contribution is 2.27. The number of hydrogen-bond donors (Lipinski definition) is 2. The molecule has 1 saturated carbocycles. The van der Waals surface area contributed by atoms with Gasteiger partial charge in [-0.05, 0) is 24.3 Å². The average molecular weight is 379 g/mol. The molecule has 1 heterocycles. The molecule has 4 rings (SSSR count). The van der Waals surface area contributed by atoms with Gasteiger partial charge in [0.25, 0.3) is 0 Å². The molecular formula is C21H21N3O2S. The van der Waals surface area contributed by atoms with Crippen LogP contribution in [-0.2, 0) is 16.0 Å². The Kier molecular flexibility index (Phi) is 5.16. The van der Waals surface area contributed by atoms with E-state index < -0.39 is 0 Å². The minimum Gasteiger partial charge on any atom is -0.325 e. The fourth-order valence-electron chi connectivity index (χ4n) is 3.53. The summed E-state index contributed by atoms with van der Waals surface area (Å²) in [5.74, 6) is 0.0333. The van der Waals surface area contributed by atoms with E-state index in [0.29, 0.717) is 10.8 Å². The Morgan fingerprint density at radius 3 is 2.67 bits per heavy atom. The molecule has 0 radical (unpaired) electrons. The lowest BCUT2D eigenvalue weighted by Crippen LogP contribution is -2.20. The highest BCUT2D eigenvalue weighted by atomic mass is 32.1. The molecule has 138 valence electrons. The summed E-state index contributed by atoms with van der Waals surface area (Å²) in [6.45, 7) is 0. The van der Waals surface area contributed by atoms with Crippen LogP contribution in [0.15, 0.2) is 47.8 Å². The summed E-state index contributed by atoms with van der Waals surface area (Å²) in [4.78, 5) is 29.0. The van der Waals surface area contributed by atoms with E-state index >= 15 is 0 Å². The standard InChI is InChI=1S/C21H21N3O2S/c25-19(23-18-11-5-9-14-6-3-4-10-17(14)18)12-16-13-27-21(22-16)24-20(26)15-7-1-2-8-15/h3-6,9-11,13,15H,1-2,7-8,12H2,(H,23,25)(H,22,24,26). The number of rotatable bonds is 5. The summed E-state index contributed by atoms with van der Waals surface area (Å²) in [6.07, 6.45) is 4.33. The van der Waals surface area contributed by atoms with Crippen LogP contribution in [0.1, 0.15) is 31.4 Å². The van der Waals surface area contributed by atoms with Gasteiger partial charge in [0.05, 0.1) is 12.1 Å². The Balaban J connectivity index is 1.38. The molecule has 1 aromatic heterocycles. The summed E-state index contributed by atoms with van der Waals surface area (Å²) in [5.41, 5.74) is 1.46. The minimum absolute atomic E-state index is 0.0496. The molecule has 27 heavy (non-hydrogen) atoms. The van der Waals surface area contributed by atoms with Gasteiger partial charge in [-0.25, -0.2) is 4.98 Å². The first kappa shape index (κ1) is 17.7. The lowest BCUT2D eigenvalue weighted by Gasteiger charge is -2.08. The van der Waals surface area contributed by atoms with Crippen LogP contribution in [0.3, 0.4) is 0 Å². The van der Waals surface area contributed by atoms with E-state index in [-0.39, 0.29) is 24.2 Å². The largest absolute Gasteiger partial charge is 0.325 e. The molecule has 2 amide bonds. The van der Waals surface area contributed by atoms with Crippen LogP contribution in [-0.4, -0.2) is 16.8 Å². The third kappa shape index (κ3) is 4.17. The molecule has 5 nitrogen and oxygen atoms in total. The number of anilines is 2. The Bertz CT molecular complexity index is 971. The number of nitrogens with zero attached hydrogens (tertiary/aromatic N) is 1. The third-order valence-corrected chi connectivity index (χ3v) is 5.72. The molecule has 0 unspecified atom stereocenters. The Morgan fingerprint density at radius 1 is 1.04 bits per heavy atom. The number of nitrogens with one attached hydrogen (secondary N) is 2. The van der Waals surface area contributed by atoms with Gasteiger partial charge in [-0.3, -0.25) is 9.59 Å². The monoisotopic (exact) mass is 379 g/mol. The maximum absolute atomic E-state index is 12.4. The Labute approximate surface area is 161 Å². The molecule has 0 saturated heterocycles. The first-order valence-electron chi connectivity index (χ1n) is 9.22. The van der Waals surface area contributed by atoms with Crippen LogP contribution in [0.2, 0.25) is 0 Å². The van der Waals surface area contributed by atoms with Crippen molar-refractivity contribution < 1.29 is 9.59 Å². The van der Waals surface area contributed by atoms with E-state index in [1.807, 2.05) is 47.8 Å². The molecule has 0 spiro atoms. The van der Waals surface area contributed by atoms with E-state index in [9.17, 15) is 9.59 Å². The first-order valence-corrected chi connectivity index (χ1v) is 10.1. The number of fused-ring (bicyclic) bond motifs is 1. The molecule has 0 atom stereocenters. The summed E-state index contributed by atoms with van der Waals surface area (Å²) >= 11 is 1.36. The number of carbonyl (C=O) groups is 2. The number of carbonyl (C=O) groups excluding carboxylic acids is 2. The number of hydrogen-bond acceptors (Lipinski definition) is 4. The van der Waals surface area contributed by atoms with E-state index in [0.717, 1.165) is 42.1 Å². The predicted molar refractivity (Wildman–Crippen MR) is 109 cm³/mol. The summed E-state index contributed by atoms with van der Waals surface area (Å²) < 4.78 is 0. The van der Waals surface area contributed by atoms with E-state index in [4.69, 9.17) is 0 Å². The number of amides is 2. The topological polar surface area (TPSA) is 71.1 Å². The highest BCUT2D eigenvalue weighted by molar-refractivity contribution is 7.13. The Hall–Kier alpha value is -2.73. The second-order valence-corrected chi connectivity index (χ2v) is 7.72. The average Bonchev–Trinajstić information content (AvgIpc) is 3.34. The van der Waals surface area contributed by atoms with Gasteiger partial charge >= 0.3 is 0 Å². The number of benzene rings is 2. The summed E-state index contributed by atoms with van der Waals surface area (Å²) in [5, 5.41) is 10.3. The highest BCUT2D eigenvalue weighted by Gasteiger charge is 2.23. The van der Waals surface area contributed by atoms with Crippen molar-refractivity contribution in [2.75, 3.05) is 10.6 Å². The van der Waals surface area contributed by atoms with Crippen molar-refractivity contribution in [3.63, 3.8) is 0 Å². The second kappa shape index (κ2) is 7.88. The molecule has 3 aromatic rings. The van der Waals surface area contributed by atoms with Gasteiger partial charge in [0.2, 0.25) is 11.8 Å². The zero-order valence-corrected chi connectivity index (χ0v) is 15.7. The molecule has 1 aliphatic rings. The van der Waals surface area contributed by atoms with Crippen molar-refractivity contribution >= 4 is 44.7 Å². The van der Waals surface area contributed by atoms with Crippen LogP contribution in [0, 0.1) is 5.92 Å². The molecule has 2 aromatic carbocycles. The zero-order chi connectivity index (χ0) is 18.6. The lowest BCUT2D eigenvalue weighted by atomic mass is 10.1. The first-order chi connectivity index (χ1) is 13.2. The third-order valence-electron chi connectivity index (χ3n) is 4.91. The maximum Gasteiger partial charge on any atom is 0.230 e. The molecule has 1 fully saturated rings. The van der Waals surface area contributed by atoms with Gasteiger partial charge in [-0.2, -0.15) is 0 Å². The normalized spacial score (nSPS) is 14.4. The van der Waals surface area contributed by atoms with Crippen LogP contribution in [0.5, 0.6) is 0 Å². The molecule has 1 aliphatic carbocycles. The number of aromatic nitrogens is 1. The fourth-order valence-corrected chi connectivity index (χ4v) is 4.25. The van der Waals surface area contributed by atoms with Crippen molar-refractivity contribution in [2.24, 2.45) is 5.92 Å². The molecule has 2 N–H and O–H groups in total. The van der Waals surface area contributed by atoms with E-state index in [2.05, 4.69) is 15.6 Å². The van der Waals surface area contributed by atoms with Gasteiger partial charge in [0.15, 0.2) is 5.13 Å². The van der Waals surface area contributed by atoms with E-state index in [1.54, 1.807) is 0 Å². The SMILES string of the molecule is O=C(Cc1csc(NC(=O)C2CCCC2)n1)Nc1cccc2ccccc12. The van der Waals surface area contributed by atoms with Gasteiger partial charge in [-0.1, -0.05) is 49.2 Å². The second-order valence-electron chi connectivity index (χ2n) is 6.87. The van der Waals surface area contributed by atoms with Crippen LogP contribution in [0.4, 0.5) is 10.8 Å². The molecule has 0 aliphatic heterocycles. The van der Waals surface area contributed by atoms with Gasteiger partial charge in [0, 0.05) is 22.4 Å². The van der Waals surface area contributed by atoms with Crippen LogP contribution in [0.25, 0.3) is 10.8 Å². The van der Waals surface area contributed by atoms with Crippen molar-refractivity contribution in [3.05, 3.63) is 53.5 Å². The van der Waals surface area contributed by atoms with Crippen molar-refractivity contribution in [1.29, 1.82) is 0 Å². The van der Waals surface area contributed by atoms with Crippen LogP contribution < -0.4 is 10.6 Å². The van der Waals surface area contributed by atoms with Gasteiger partial charge < -0.3 is 10.6 Å². The molecule has 0 bridgehead atoms. The minimum atomic E-state index is -0.120. The molecular weight excluding hydrogens is 358 g/mol. The number of thiazole rings is 1. The quantitative estimate of drug-likeness (QED) is 0.680. The Morgan fingerprint density at radius 2 is 1.81 bits per heavy atom. The smallest absolute Gasteiger partial charge is 0.230 e. The lowest BCUT2D eigenvalue weighted by molar-refractivity contribution is -0.119. The van der Waals surface area contributed by atoms with Crippen molar-refractivity contribution in [1.82, 2.24) is 4.98 Å². The molecule has 6 heteroatoms.